The molecule has 0 aromatic heterocycles. The molecule has 2 heteroatoms. The Balaban J connectivity index is 0.000000581. The van der Waals surface area contributed by atoms with Crippen LogP contribution in [0.25, 0.3) is 0 Å². The predicted octanol–water partition coefficient (Wildman–Crippen LogP) is 3.44. The summed E-state index contributed by atoms with van der Waals surface area (Å²) >= 11 is 0. The third kappa shape index (κ3) is 4.49. The van der Waals surface area contributed by atoms with E-state index in [4.69, 9.17) is 0 Å². The average molecular weight is 236 g/mol. The summed E-state index contributed by atoms with van der Waals surface area (Å²) in [6.45, 7) is 10.1. The molecule has 1 aromatic carbocycles. The fraction of sp³-hybridized carbons (Fsp3) is 0.600. The first-order valence-corrected chi connectivity index (χ1v) is 6.74. The number of benzene rings is 1. The molecule has 1 aliphatic heterocycles. The molecule has 1 atom stereocenters. The SMILES string of the molecule is CC.CC.CN(C)C1CNCc2ccccc21. The summed E-state index contributed by atoms with van der Waals surface area (Å²) in [6.07, 6.45) is 0. The van der Waals surface area contributed by atoms with Gasteiger partial charge in [-0.15, -0.1) is 0 Å². The maximum Gasteiger partial charge on any atom is 0.0470 e. The molecule has 1 aliphatic rings. The highest BCUT2D eigenvalue weighted by molar-refractivity contribution is 5.32. The number of hydrogen-bond acceptors (Lipinski definition) is 2. The van der Waals surface area contributed by atoms with Crippen molar-refractivity contribution in [3.05, 3.63) is 35.4 Å². The summed E-state index contributed by atoms with van der Waals surface area (Å²) in [5.74, 6) is 0. The van der Waals surface area contributed by atoms with Gasteiger partial charge < -0.3 is 10.2 Å². The van der Waals surface area contributed by atoms with Gasteiger partial charge in [0.1, 0.15) is 0 Å². The fourth-order valence-corrected chi connectivity index (χ4v) is 1.93. The van der Waals surface area contributed by atoms with Gasteiger partial charge in [0.05, 0.1) is 0 Å². The maximum absolute atomic E-state index is 3.43. The first-order valence-electron chi connectivity index (χ1n) is 6.74. The van der Waals surface area contributed by atoms with E-state index in [1.54, 1.807) is 0 Å². The van der Waals surface area contributed by atoms with E-state index in [0.29, 0.717) is 6.04 Å². The molecule has 0 fully saturated rings. The summed E-state index contributed by atoms with van der Waals surface area (Å²) in [5.41, 5.74) is 2.92. The van der Waals surface area contributed by atoms with Gasteiger partial charge >= 0.3 is 0 Å². The largest absolute Gasteiger partial charge is 0.311 e. The molecule has 1 unspecified atom stereocenters. The van der Waals surface area contributed by atoms with Gasteiger partial charge in [-0.3, -0.25) is 0 Å². The lowest BCUT2D eigenvalue weighted by Crippen LogP contribution is -2.35. The fourth-order valence-electron chi connectivity index (χ4n) is 1.93. The Morgan fingerprint density at radius 1 is 1.06 bits per heavy atom. The normalized spacial score (nSPS) is 17.2. The zero-order valence-corrected chi connectivity index (χ0v) is 12.2. The van der Waals surface area contributed by atoms with Crippen LogP contribution in [-0.4, -0.2) is 25.5 Å². The van der Waals surface area contributed by atoms with Gasteiger partial charge in [-0.1, -0.05) is 52.0 Å². The van der Waals surface area contributed by atoms with Crippen molar-refractivity contribution in [3.8, 4) is 0 Å². The Morgan fingerprint density at radius 3 is 2.24 bits per heavy atom. The maximum atomic E-state index is 3.43. The molecule has 2 rings (SSSR count). The third-order valence-electron chi connectivity index (χ3n) is 2.69. The third-order valence-corrected chi connectivity index (χ3v) is 2.69. The van der Waals surface area contributed by atoms with Crippen molar-refractivity contribution in [3.63, 3.8) is 0 Å². The Labute approximate surface area is 107 Å². The van der Waals surface area contributed by atoms with E-state index < -0.39 is 0 Å². The van der Waals surface area contributed by atoms with Gasteiger partial charge in [-0.2, -0.15) is 0 Å². The Kier molecular flexibility index (Phi) is 8.73. The Morgan fingerprint density at radius 2 is 1.65 bits per heavy atom. The lowest BCUT2D eigenvalue weighted by atomic mass is 9.96. The van der Waals surface area contributed by atoms with Crippen LogP contribution >= 0.6 is 0 Å². The Hall–Kier alpha value is -0.860. The van der Waals surface area contributed by atoms with Crippen LogP contribution in [0.1, 0.15) is 44.9 Å². The Bertz CT molecular complexity index is 295. The highest BCUT2D eigenvalue weighted by atomic mass is 15.1. The van der Waals surface area contributed by atoms with Crippen molar-refractivity contribution in [2.45, 2.75) is 40.3 Å². The summed E-state index contributed by atoms with van der Waals surface area (Å²) in [6, 6.07) is 9.21. The van der Waals surface area contributed by atoms with E-state index in [0.717, 1.165) is 13.1 Å². The molecule has 0 aliphatic carbocycles. The van der Waals surface area contributed by atoms with E-state index in [1.807, 2.05) is 27.7 Å². The van der Waals surface area contributed by atoms with Gasteiger partial charge in [0.15, 0.2) is 0 Å². The van der Waals surface area contributed by atoms with Crippen molar-refractivity contribution in [2.24, 2.45) is 0 Å². The molecule has 98 valence electrons. The molecular formula is C15H28N2. The quantitative estimate of drug-likeness (QED) is 0.803. The minimum atomic E-state index is 0.532. The summed E-state index contributed by atoms with van der Waals surface area (Å²) < 4.78 is 0. The van der Waals surface area contributed by atoms with Crippen molar-refractivity contribution in [2.75, 3.05) is 20.6 Å². The average Bonchev–Trinajstić information content (AvgIpc) is 2.42. The second kappa shape index (κ2) is 9.20. The molecule has 0 saturated carbocycles. The highest BCUT2D eigenvalue weighted by Crippen LogP contribution is 2.24. The van der Waals surface area contributed by atoms with Gasteiger partial charge in [-0.05, 0) is 25.2 Å². The minimum Gasteiger partial charge on any atom is -0.311 e. The summed E-state index contributed by atoms with van der Waals surface area (Å²) in [4.78, 5) is 2.27. The van der Waals surface area contributed by atoms with Crippen LogP contribution in [0.3, 0.4) is 0 Å². The van der Waals surface area contributed by atoms with Gasteiger partial charge in [0.2, 0.25) is 0 Å². The van der Waals surface area contributed by atoms with Crippen LogP contribution < -0.4 is 5.32 Å². The number of fused-ring (bicyclic) bond motifs is 1. The number of nitrogens with zero attached hydrogens (tertiary/aromatic N) is 1. The molecule has 2 nitrogen and oxygen atoms in total. The molecule has 0 spiro atoms. The molecule has 1 heterocycles. The van der Waals surface area contributed by atoms with E-state index >= 15 is 0 Å². The predicted molar refractivity (Wildman–Crippen MR) is 77.3 cm³/mol. The first-order chi connectivity index (χ1) is 8.29. The molecule has 17 heavy (non-hydrogen) atoms. The molecule has 0 saturated heterocycles. The van der Waals surface area contributed by atoms with Crippen LogP contribution in [0.4, 0.5) is 0 Å². The zero-order valence-electron chi connectivity index (χ0n) is 12.2. The molecule has 0 amide bonds. The van der Waals surface area contributed by atoms with Gasteiger partial charge in [-0.25, -0.2) is 0 Å². The van der Waals surface area contributed by atoms with Crippen molar-refractivity contribution in [1.29, 1.82) is 0 Å². The van der Waals surface area contributed by atoms with Gasteiger partial charge in [0.25, 0.3) is 0 Å². The van der Waals surface area contributed by atoms with Crippen LogP contribution in [-0.2, 0) is 6.54 Å². The van der Waals surface area contributed by atoms with Crippen molar-refractivity contribution >= 4 is 0 Å². The van der Waals surface area contributed by atoms with Crippen LogP contribution in [0, 0.1) is 0 Å². The lowest BCUT2D eigenvalue weighted by molar-refractivity contribution is 0.276. The highest BCUT2D eigenvalue weighted by Gasteiger charge is 2.20. The molecule has 0 radical (unpaired) electrons. The zero-order chi connectivity index (χ0) is 13.3. The molecule has 0 bridgehead atoms. The van der Waals surface area contributed by atoms with Crippen molar-refractivity contribution in [1.82, 2.24) is 10.2 Å². The topological polar surface area (TPSA) is 15.3 Å². The number of likely N-dealkylation sites (N-methyl/N-ethyl adjacent to an activating group) is 1. The van der Waals surface area contributed by atoms with Crippen LogP contribution in [0.5, 0.6) is 0 Å². The number of rotatable bonds is 1. The smallest absolute Gasteiger partial charge is 0.0470 e. The van der Waals surface area contributed by atoms with E-state index in [-0.39, 0.29) is 0 Å². The standard InChI is InChI=1S/C11H16N2.2C2H6/c1-13(2)11-8-12-7-9-5-3-4-6-10(9)11;2*1-2/h3-6,11-12H,7-8H2,1-2H3;2*1-2H3. The molecule has 1 aromatic rings. The van der Waals surface area contributed by atoms with Crippen LogP contribution in [0.15, 0.2) is 24.3 Å². The molecular weight excluding hydrogens is 208 g/mol. The van der Waals surface area contributed by atoms with E-state index in [9.17, 15) is 0 Å². The second-order valence-corrected chi connectivity index (χ2v) is 3.81. The lowest BCUT2D eigenvalue weighted by Gasteiger charge is -2.31. The first kappa shape index (κ1) is 16.1. The monoisotopic (exact) mass is 236 g/mol. The summed E-state index contributed by atoms with van der Waals surface area (Å²) in [5, 5.41) is 3.43. The second-order valence-electron chi connectivity index (χ2n) is 3.81. The minimum absolute atomic E-state index is 0.532. The number of hydrogen-bond donors (Lipinski definition) is 1. The summed E-state index contributed by atoms with van der Waals surface area (Å²) in [7, 11) is 4.27. The van der Waals surface area contributed by atoms with E-state index in [1.165, 1.54) is 11.1 Å². The molecule has 1 N–H and O–H groups in total. The number of nitrogens with one attached hydrogen (secondary N) is 1. The van der Waals surface area contributed by atoms with E-state index in [2.05, 4.69) is 48.6 Å². The van der Waals surface area contributed by atoms with Gasteiger partial charge in [0, 0.05) is 19.1 Å². The van der Waals surface area contributed by atoms with Crippen LogP contribution in [0.2, 0.25) is 0 Å². The van der Waals surface area contributed by atoms with Crippen molar-refractivity contribution < 1.29 is 0 Å².